The van der Waals surface area contributed by atoms with Gasteiger partial charge in [0.05, 0.1) is 12.2 Å². The molecule has 2 N–H and O–H groups in total. The van der Waals surface area contributed by atoms with Gasteiger partial charge in [-0.25, -0.2) is 0 Å². The number of ether oxygens (including phenoxy) is 1. The molecule has 0 aliphatic heterocycles. The van der Waals surface area contributed by atoms with E-state index in [4.69, 9.17) is 14.3 Å². The maximum atomic E-state index is 11.1. The summed E-state index contributed by atoms with van der Waals surface area (Å²) in [6.45, 7) is 0.0134. The van der Waals surface area contributed by atoms with E-state index in [1.807, 2.05) is 0 Å². The van der Waals surface area contributed by atoms with Gasteiger partial charge in [-0.3, -0.25) is 4.79 Å². The lowest BCUT2D eigenvalue weighted by Gasteiger charge is -2.12. The van der Waals surface area contributed by atoms with Gasteiger partial charge in [0.25, 0.3) is 0 Å². The Bertz CT molecular complexity index is 533. The summed E-state index contributed by atoms with van der Waals surface area (Å²) in [5, 5.41) is 18.4. The Balaban J connectivity index is 1.96. The van der Waals surface area contributed by atoms with Gasteiger partial charge in [-0.1, -0.05) is 6.07 Å². The normalized spacial score (nSPS) is 12.0. The van der Waals surface area contributed by atoms with Crippen LogP contribution in [0.15, 0.2) is 47.1 Å². The van der Waals surface area contributed by atoms with Gasteiger partial charge in [0.15, 0.2) is 0 Å². The Morgan fingerprint density at radius 1 is 1.32 bits per heavy atom. The molecular weight excluding hydrogens is 248 g/mol. The molecule has 0 saturated heterocycles. The highest BCUT2D eigenvalue weighted by Gasteiger charge is 2.20. The fraction of sp³-hybridized carbons (Fsp3) is 0.214. The lowest BCUT2D eigenvalue weighted by atomic mass is 10.1. The number of benzene rings is 1. The number of furan rings is 1. The van der Waals surface area contributed by atoms with Crippen LogP contribution in [0, 0.1) is 5.92 Å². The third-order valence-corrected chi connectivity index (χ3v) is 2.65. The highest BCUT2D eigenvalue weighted by molar-refractivity contribution is 5.70. The molecule has 0 fully saturated rings. The minimum absolute atomic E-state index is 0.0134. The molecule has 5 heteroatoms. The van der Waals surface area contributed by atoms with Gasteiger partial charge < -0.3 is 19.4 Å². The average molecular weight is 262 g/mol. The molecule has 100 valence electrons. The lowest BCUT2D eigenvalue weighted by Crippen LogP contribution is -2.23. The standard InChI is InChI=1S/C14H14O5/c15-11-3-1-4-13(8-11)19-9-10(14(16)17)7-12-5-2-6-18-12/h1-6,8,10,15H,7,9H2,(H,16,17). The fourth-order valence-corrected chi connectivity index (χ4v) is 1.66. The van der Waals surface area contributed by atoms with E-state index in [-0.39, 0.29) is 18.8 Å². The van der Waals surface area contributed by atoms with Crippen LogP contribution in [0.25, 0.3) is 0 Å². The predicted octanol–water partition coefficient (Wildman–Crippen LogP) is 2.31. The van der Waals surface area contributed by atoms with Crippen LogP contribution in [0.2, 0.25) is 0 Å². The Morgan fingerprint density at radius 2 is 2.16 bits per heavy atom. The summed E-state index contributed by atoms with van der Waals surface area (Å²) in [7, 11) is 0. The van der Waals surface area contributed by atoms with Crippen molar-refractivity contribution >= 4 is 5.97 Å². The maximum absolute atomic E-state index is 11.1. The van der Waals surface area contributed by atoms with E-state index in [1.165, 1.54) is 18.4 Å². The maximum Gasteiger partial charge on any atom is 0.310 e. The van der Waals surface area contributed by atoms with E-state index in [9.17, 15) is 9.90 Å². The van der Waals surface area contributed by atoms with Crippen molar-refractivity contribution in [3.63, 3.8) is 0 Å². The number of aliphatic carboxylic acids is 1. The van der Waals surface area contributed by atoms with E-state index in [2.05, 4.69) is 0 Å². The topological polar surface area (TPSA) is 79.9 Å². The average Bonchev–Trinajstić information content (AvgIpc) is 2.87. The molecule has 1 heterocycles. The number of carboxylic acid groups (broad SMARTS) is 1. The van der Waals surface area contributed by atoms with Crippen molar-refractivity contribution < 1.29 is 24.2 Å². The van der Waals surface area contributed by atoms with E-state index < -0.39 is 11.9 Å². The second kappa shape index (κ2) is 5.95. The molecule has 1 aromatic heterocycles. The summed E-state index contributed by atoms with van der Waals surface area (Å²) in [5.74, 6) is -0.530. The van der Waals surface area contributed by atoms with Crippen molar-refractivity contribution in [2.75, 3.05) is 6.61 Å². The zero-order chi connectivity index (χ0) is 13.7. The smallest absolute Gasteiger partial charge is 0.310 e. The van der Waals surface area contributed by atoms with Crippen molar-refractivity contribution in [1.29, 1.82) is 0 Å². The molecule has 1 unspecified atom stereocenters. The van der Waals surface area contributed by atoms with Crippen LogP contribution in [-0.4, -0.2) is 22.8 Å². The van der Waals surface area contributed by atoms with E-state index in [0.717, 1.165) is 0 Å². The number of hydrogen-bond donors (Lipinski definition) is 2. The molecule has 0 saturated carbocycles. The molecular formula is C14H14O5. The molecule has 0 spiro atoms. The Kier molecular flexibility index (Phi) is 4.07. The number of phenols is 1. The van der Waals surface area contributed by atoms with Gasteiger partial charge in [0, 0.05) is 12.5 Å². The fourth-order valence-electron chi connectivity index (χ4n) is 1.66. The van der Waals surface area contributed by atoms with Crippen LogP contribution < -0.4 is 4.74 Å². The molecule has 2 rings (SSSR count). The monoisotopic (exact) mass is 262 g/mol. The summed E-state index contributed by atoms with van der Waals surface area (Å²) < 4.78 is 10.5. The van der Waals surface area contributed by atoms with E-state index in [1.54, 1.807) is 24.3 Å². The second-order valence-corrected chi connectivity index (χ2v) is 4.13. The summed E-state index contributed by atoms with van der Waals surface area (Å²) in [5.41, 5.74) is 0. The molecule has 0 amide bonds. The Labute approximate surface area is 110 Å². The number of phenolic OH excluding ortho intramolecular Hbond substituents is 1. The van der Waals surface area contributed by atoms with Gasteiger partial charge in [-0.05, 0) is 24.3 Å². The van der Waals surface area contributed by atoms with Crippen LogP contribution in [-0.2, 0) is 11.2 Å². The number of aromatic hydroxyl groups is 1. The van der Waals surface area contributed by atoms with Gasteiger partial charge in [-0.2, -0.15) is 0 Å². The largest absolute Gasteiger partial charge is 0.508 e. The Hall–Kier alpha value is -2.43. The number of hydrogen-bond acceptors (Lipinski definition) is 4. The Morgan fingerprint density at radius 3 is 2.79 bits per heavy atom. The van der Waals surface area contributed by atoms with Crippen LogP contribution in [0.5, 0.6) is 11.5 Å². The first-order valence-corrected chi connectivity index (χ1v) is 5.82. The molecule has 0 aliphatic rings. The van der Waals surface area contributed by atoms with Crippen LogP contribution in [0.4, 0.5) is 0 Å². The third-order valence-electron chi connectivity index (χ3n) is 2.65. The minimum Gasteiger partial charge on any atom is -0.508 e. The van der Waals surface area contributed by atoms with Crippen molar-refractivity contribution in [1.82, 2.24) is 0 Å². The first-order chi connectivity index (χ1) is 9.15. The van der Waals surface area contributed by atoms with Crippen molar-refractivity contribution in [3.05, 3.63) is 48.4 Å². The zero-order valence-corrected chi connectivity index (χ0v) is 10.2. The first kappa shape index (κ1) is 13.0. The summed E-state index contributed by atoms with van der Waals surface area (Å²) >= 11 is 0. The SMILES string of the molecule is O=C(O)C(COc1cccc(O)c1)Cc1ccco1. The predicted molar refractivity (Wildman–Crippen MR) is 67.1 cm³/mol. The van der Waals surface area contributed by atoms with Crippen LogP contribution in [0.3, 0.4) is 0 Å². The zero-order valence-electron chi connectivity index (χ0n) is 10.2. The molecule has 0 bridgehead atoms. The molecule has 1 aromatic carbocycles. The highest BCUT2D eigenvalue weighted by atomic mass is 16.5. The number of rotatable bonds is 6. The van der Waals surface area contributed by atoms with Crippen molar-refractivity contribution in [3.8, 4) is 11.5 Å². The minimum atomic E-state index is -0.948. The molecule has 1 atom stereocenters. The molecule has 0 aliphatic carbocycles. The summed E-state index contributed by atoms with van der Waals surface area (Å²) in [4.78, 5) is 11.1. The van der Waals surface area contributed by atoms with Gasteiger partial charge in [0.2, 0.25) is 0 Å². The van der Waals surface area contributed by atoms with Crippen LogP contribution >= 0.6 is 0 Å². The number of carbonyl (C=O) groups is 1. The van der Waals surface area contributed by atoms with Gasteiger partial charge >= 0.3 is 5.97 Å². The lowest BCUT2D eigenvalue weighted by molar-refractivity contribution is -0.142. The second-order valence-electron chi connectivity index (χ2n) is 4.13. The number of carboxylic acids is 1. The van der Waals surface area contributed by atoms with E-state index >= 15 is 0 Å². The third kappa shape index (κ3) is 3.77. The first-order valence-electron chi connectivity index (χ1n) is 5.82. The molecule has 2 aromatic rings. The van der Waals surface area contributed by atoms with Gasteiger partial charge in [-0.15, -0.1) is 0 Å². The summed E-state index contributed by atoms with van der Waals surface area (Å²) in [6, 6.07) is 9.68. The van der Waals surface area contributed by atoms with E-state index in [0.29, 0.717) is 11.5 Å². The van der Waals surface area contributed by atoms with Crippen molar-refractivity contribution in [2.45, 2.75) is 6.42 Å². The molecule has 0 radical (unpaired) electrons. The molecule has 19 heavy (non-hydrogen) atoms. The summed E-state index contributed by atoms with van der Waals surface area (Å²) in [6.07, 6.45) is 1.77. The van der Waals surface area contributed by atoms with Crippen LogP contribution in [0.1, 0.15) is 5.76 Å². The van der Waals surface area contributed by atoms with Gasteiger partial charge in [0.1, 0.15) is 23.9 Å². The van der Waals surface area contributed by atoms with Crippen molar-refractivity contribution in [2.24, 2.45) is 5.92 Å². The molecule has 5 nitrogen and oxygen atoms in total. The highest BCUT2D eigenvalue weighted by Crippen LogP contribution is 2.19. The quantitative estimate of drug-likeness (QED) is 0.835.